The smallest absolute Gasteiger partial charge is 0.166 e. The van der Waals surface area contributed by atoms with Gasteiger partial charge < -0.3 is 15.2 Å². The van der Waals surface area contributed by atoms with Crippen molar-refractivity contribution in [3.8, 4) is 0 Å². The zero-order chi connectivity index (χ0) is 11.6. The molecule has 0 spiro atoms. The third kappa shape index (κ3) is 5.70. The first kappa shape index (κ1) is 13.0. The topological polar surface area (TPSA) is 41.9 Å². The Morgan fingerprint density at radius 2 is 2.12 bits per heavy atom. The Morgan fingerprint density at radius 1 is 1.31 bits per heavy atom. The van der Waals surface area contributed by atoms with Crippen LogP contribution >= 0.6 is 12.2 Å². The summed E-state index contributed by atoms with van der Waals surface area (Å²) in [4.78, 5) is 4.00. The first-order chi connectivity index (χ1) is 7.83. The number of nitrogens with zero attached hydrogens (tertiary/aromatic N) is 2. The predicted molar refractivity (Wildman–Crippen MR) is 70.4 cm³/mol. The van der Waals surface area contributed by atoms with Crippen molar-refractivity contribution >= 4 is 17.3 Å². The lowest BCUT2D eigenvalue weighted by molar-refractivity contribution is 0.600. The average Bonchev–Trinajstić information content (AvgIpc) is 2.79. The fraction of sp³-hybridized carbons (Fsp3) is 0.636. The minimum absolute atomic E-state index is 0.768. The molecule has 0 bridgehead atoms. The highest BCUT2D eigenvalue weighted by molar-refractivity contribution is 7.80. The summed E-state index contributed by atoms with van der Waals surface area (Å²) in [5.41, 5.74) is 0. The molecule has 0 amide bonds. The van der Waals surface area contributed by atoms with Crippen LogP contribution in [0.3, 0.4) is 0 Å². The van der Waals surface area contributed by atoms with Crippen LogP contribution in [0.25, 0.3) is 0 Å². The van der Waals surface area contributed by atoms with Crippen LogP contribution in [0.5, 0.6) is 0 Å². The Morgan fingerprint density at radius 3 is 2.81 bits per heavy atom. The van der Waals surface area contributed by atoms with E-state index >= 15 is 0 Å². The second-order valence-corrected chi connectivity index (χ2v) is 4.10. The van der Waals surface area contributed by atoms with Gasteiger partial charge in [-0.25, -0.2) is 4.98 Å². The predicted octanol–water partition coefficient (Wildman–Crippen LogP) is 1.54. The summed E-state index contributed by atoms with van der Waals surface area (Å²) >= 11 is 5.11. The molecule has 0 aliphatic carbocycles. The molecule has 0 saturated carbocycles. The maximum absolute atomic E-state index is 5.11. The second kappa shape index (κ2) is 8.10. The quantitative estimate of drug-likeness (QED) is 0.560. The fourth-order valence-corrected chi connectivity index (χ4v) is 1.55. The van der Waals surface area contributed by atoms with Gasteiger partial charge in [-0.1, -0.05) is 6.92 Å². The summed E-state index contributed by atoms with van der Waals surface area (Å²) in [6.45, 7) is 5.03. The lowest BCUT2D eigenvalue weighted by atomic mass is 10.3. The Kier molecular flexibility index (Phi) is 6.56. The van der Waals surface area contributed by atoms with Gasteiger partial charge in [-0.15, -0.1) is 0 Å². The molecule has 4 nitrogen and oxygen atoms in total. The summed E-state index contributed by atoms with van der Waals surface area (Å²) < 4.78 is 2.09. The van der Waals surface area contributed by atoms with Gasteiger partial charge in [0.15, 0.2) is 5.11 Å². The van der Waals surface area contributed by atoms with Crippen molar-refractivity contribution in [2.24, 2.45) is 0 Å². The minimum atomic E-state index is 0.768. The van der Waals surface area contributed by atoms with Crippen LogP contribution in [0.1, 0.15) is 26.2 Å². The summed E-state index contributed by atoms with van der Waals surface area (Å²) in [7, 11) is 0. The van der Waals surface area contributed by atoms with E-state index < -0.39 is 0 Å². The number of thiocarbonyl (C=S) groups is 1. The highest BCUT2D eigenvalue weighted by Gasteiger charge is 1.94. The SMILES string of the molecule is CCCNC(=S)NCCCCn1ccnc1. The first-order valence-corrected chi connectivity index (χ1v) is 6.21. The van der Waals surface area contributed by atoms with Gasteiger partial charge in [0.2, 0.25) is 0 Å². The molecule has 0 fully saturated rings. The van der Waals surface area contributed by atoms with Crippen molar-refractivity contribution < 1.29 is 0 Å². The number of rotatable bonds is 7. The van der Waals surface area contributed by atoms with Gasteiger partial charge >= 0.3 is 0 Å². The molecule has 0 aromatic carbocycles. The van der Waals surface area contributed by atoms with Crippen LogP contribution in [0.4, 0.5) is 0 Å². The molecule has 0 aliphatic heterocycles. The maximum Gasteiger partial charge on any atom is 0.166 e. The van der Waals surface area contributed by atoms with Gasteiger partial charge in [-0.2, -0.15) is 0 Å². The molecule has 2 N–H and O–H groups in total. The first-order valence-electron chi connectivity index (χ1n) is 5.80. The van der Waals surface area contributed by atoms with Crippen molar-refractivity contribution in [3.05, 3.63) is 18.7 Å². The summed E-state index contributed by atoms with van der Waals surface area (Å²) in [6.07, 6.45) is 9.00. The monoisotopic (exact) mass is 240 g/mol. The summed E-state index contributed by atoms with van der Waals surface area (Å²) in [6, 6.07) is 0. The zero-order valence-electron chi connectivity index (χ0n) is 9.78. The molecule has 16 heavy (non-hydrogen) atoms. The summed E-state index contributed by atoms with van der Waals surface area (Å²) in [5, 5.41) is 7.10. The highest BCUT2D eigenvalue weighted by Crippen LogP contribution is 1.93. The normalized spacial score (nSPS) is 10.1. The molecule has 1 aromatic heterocycles. The molecule has 0 saturated heterocycles. The standard InChI is InChI=1S/C11H20N4S/c1-2-5-13-11(16)14-6-3-4-8-15-9-7-12-10-15/h7,9-10H,2-6,8H2,1H3,(H2,13,14,16). The van der Waals surface area contributed by atoms with Crippen molar-refractivity contribution in [1.82, 2.24) is 20.2 Å². The molecule has 0 atom stereocenters. The number of aryl methyl sites for hydroxylation is 1. The van der Waals surface area contributed by atoms with E-state index in [1.165, 1.54) is 0 Å². The van der Waals surface area contributed by atoms with E-state index in [4.69, 9.17) is 12.2 Å². The van der Waals surface area contributed by atoms with Crippen molar-refractivity contribution in [3.63, 3.8) is 0 Å². The van der Waals surface area contributed by atoms with Gasteiger partial charge in [-0.3, -0.25) is 0 Å². The van der Waals surface area contributed by atoms with Crippen molar-refractivity contribution in [1.29, 1.82) is 0 Å². The van der Waals surface area contributed by atoms with Crippen LogP contribution in [-0.2, 0) is 6.54 Å². The third-order valence-corrected chi connectivity index (χ3v) is 2.51. The van der Waals surface area contributed by atoms with E-state index in [-0.39, 0.29) is 0 Å². The second-order valence-electron chi connectivity index (χ2n) is 3.69. The number of unbranched alkanes of at least 4 members (excludes halogenated alkanes) is 1. The zero-order valence-corrected chi connectivity index (χ0v) is 10.6. The lowest BCUT2D eigenvalue weighted by Crippen LogP contribution is -2.36. The molecule has 5 heteroatoms. The molecule has 1 aromatic rings. The van der Waals surface area contributed by atoms with E-state index in [0.717, 1.165) is 44.0 Å². The Labute approximate surface area is 102 Å². The highest BCUT2D eigenvalue weighted by atomic mass is 32.1. The van der Waals surface area contributed by atoms with E-state index in [2.05, 4.69) is 27.1 Å². The number of hydrogen-bond donors (Lipinski definition) is 2. The Balaban J connectivity index is 1.93. The van der Waals surface area contributed by atoms with E-state index in [1.54, 1.807) is 0 Å². The third-order valence-electron chi connectivity index (χ3n) is 2.22. The van der Waals surface area contributed by atoms with E-state index in [1.807, 2.05) is 18.7 Å². The van der Waals surface area contributed by atoms with E-state index in [0.29, 0.717) is 0 Å². The van der Waals surface area contributed by atoms with Gasteiger partial charge in [-0.05, 0) is 31.5 Å². The number of aromatic nitrogens is 2. The number of imidazole rings is 1. The largest absolute Gasteiger partial charge is 0.363 e. The lowest BCUT2D eigenvalue weighted by Gasteiger charge is -2.09. The van der Waals surface area contributed by atoms with Crippen LogP contribution < -0.4 is 10.6 Å². The molecule has 0 unspecified atom stereocenters. The van der Waals surface area contributed by atoms with Crippen LogP contribution in [0, 0.1) is 0 Å². The maximum atomic E-state index is 5.11. The molecule has 0 radical (unpaired) electrons. The van der Waals surface area contributed by atoms with Crippen LogP contribution in [-0.4, -0.2) is 27.8 Å². The fourth-order valence-electron chi connectivity index (χ4n) is 1.34. The minimum Gasteiger partial charge on any atom is -0.363 e. The van der Waals surface area contributed by atoms with Crippen molar-refractivity contribution in [2.45, 2.75) is 32.7 Å². The molecular formula is C11H20N4S. The van der Waals surface area contributed by atoms with Gasteiger partial charge in [0, 0.05) is 32.0 Å². The van der Waals surface area contributed by atoms with Crippen LogP contribution in [0.15, 0.2) is 18.7 Å². The van der Waals surface area contributed by atoms with Gasteiger partial charge in [0.05, 0.1) is 6.33 Å². The van der Waals surface area contributed by atoms with Gasteiger partial charge in [0.25, 0.3) is 0 Å². The number of hydrogen-bond acceptors (Lipinski definition) is 2. The summed E-state index contributed by atoms with van der Waals surface area (Å²) in [5.74, 6) is 0. The molecule has 0 aliphatic rings. The Bertz CT molecular complexity index is 284. The average molecular weight is 240 g/mol. The van der Waals surface area contributed by atoms with Gasteiger partial charge in [0.1, 0.15) is 0 Å². The Hall–Kier alpha value is -1.10. The number of nitrogens with one attached hydrogen (secondary N) is 2. The molecule has 1 heterocycles. The van der Waals surface area contributed by atoms with Crippen LogP contribution in [0.2, 0.25) is 0 Å². The van der Waals surface area contributed by atoms with Crippen molar-refractivity contribution in [2.75, 3.05) is 13.1 Å². The molecular weight excluding hydrogens is 220 g/mol. The molecule has 1 rings (SSSR count). The van der Waals surface area contributed by atoms with E-state index in [9.17, 15) is 0 Å². The molecule has 90 valence electrons.